The molecule has 0 aromatic carbocycles. The van der Waals surface area contributed by atoms with Gasteiger partial charge in [-0.2, -0.15) is 0 Å². The molecule has 1 aliphatic heterocycles. The quantitative estimate of drug-likeness (QED) is 0.657. The van der Waals surface area contributed by atoms with Gasteiger partial charge in [0.15, 0.2) is 0 Å². The van der Waals surface area contributed by atoms with Crippen LogP contribution in [0.4, 0.5) is 0 Å². The van der Waals surface area contributed by atoms with Crippen molar-refractivity contribution >= 4 is 18.4 Å². The van der Waals surface area contributed by atoms with Crippen LogP contribution in [-0.4, -0.2) is 24.2 Å². The summed E-state index contributed by atoms with van der Waals surface area (Å²) >= 11 is 0. The maximum atomic E-state index is 10.6. The molecule has 0 amide bonds. The van der Waals surface area contributed by atoms with Crippen LogP contribution in [0.5, 0.6) is 0 Å². The van der Waals surface area contributed by atoms with Crippen LogP contribution in [0, 0.1) is 11.3 Å². The zero-order valence-electron chi connectivity index (χ0n) is 7.46. The summed E-state index contributed by atoms with van der Waals surface area (Å²) in [5, 5.41) is 11.9. The van der Waals surface area contributed by atoms with E-state index in [9.17, 15) is 4.79 Å². The molecule has 0 aromatic heterocycles. The van der Waals surface area contributed by atoms with Gasteiger partial charge in [0.25, 0.3) is 0 Å². The number of halogens is 1. The number of aliphatic carboxylic acids is 1. The smallest absolute Gasteiger partial charge is 0.307 e. The lowest BCUT2D eigenvalue weighted by Gasteiger charge is -2.33. The molecule has 1 fully saturated rings. The summed E-state index contributed by atoms with van der Waals surface area (Å²) in [5.41, 5.74) is 0.140. The largest absolute Gasteiger partial charge is 0.481 e. The standard InChI is InChI=1S/C8H15NO2.ClH/c1-8(2)3-6(7(10)11)4-9-5-8;/h6,9H,3-5H2,1-2H3,(H,10,11);1H. The van der Waals surface area contributed by atoms with Crippen molar-refractivity contribution in [2.45, 2.75) is 20.3 Å². The predicted molar refractivity (Wildman–Crippen MR) is 49.6 cm³/mol. The highest BCUT2D eigenvalue weighted by atomic mass is 35.5. The second kappa shape index (κ2) is 4.10. The highest BCUT2D eigenvalue weighted by Gasteiger charge is 2.31. The SMILES string of the molecule is CC1(C)CNCC(C(=O)O)C1.Cl. The number of hydrogen-bond acceptors (Lipinski definition) is 2. The molecule has 0 saturated carbocycles. The highest BCUT2D eigenvalue weighted by Crippen LogP contribution is 2.27. The molecule has 1 heterocycles. The molecule has 1 atom stereocenters. The van der Waals surface area contributed by atoms with Crippen molar-refractivity contribution < 1.29 is 9.90 Å². The third-order valence-electron chi connectivity index (χ3n) is 2.14. The molecule has 4 heteroatoms. The van der Waals surface area contributed by atoms with Crippen molar-refractivity contribution in [3.05, 3.63) is 0 Å². The van der Waals surface area contributed by atoms with E-state index in [0.717, 1.165) is 13.0 Å². The maximum Gasteiger partial charge on any atom is 0.307 e. The number of carboxylic acids is 1. The second-order valence-corrected chi connectivity index (χ2v) is 4.03. The molecule has 12 heavy (non-hydrogen) atoms. The van der Waals surface area contributed by atoms with E-state index in [1.165, 1.54) is 0 Å². The van der Waals surface area contributed by atoms with Crippen LogP contribution >= 0.6 is 12.4 Å². The molecular weight excluding hydrogens is 178 g/mol. The fraction of sp³-hybridized carbons (Fsp3) is 0.875. The van der Waals surface area contributed by atoms with Crippen molar-refractivity contribution in [2.24, 2.45) is 11.3 Å². The van der Waals surface area contributed by atoms with E-state index in [1.807, 2.05) is 0 Å². The first kappa shape index (κ1) is 11.7. The number of hydrogen-bond donors (Lipinski definition) is 2. The molecule has 72 valence electrons. The Morgan fingerprint density at radius 1 is 1.58 bits per heavy atom. The maximum absolute atomic E-state index is 10.6. The normalized spacial score (nSPS) is 27.3. The number of carboxylic acid groups (broad SMARTS) is 1. The van der Waals surface area contributed by atoms with E-state index < -0.39 is 5.97 Å². The topological polar surface area (TPSA) is 49.3 Å². The average Bonchev–Trinajstić information content (AvgIpc) is 1.85. The van der Waals surface area contributed by atoms with Gasteiger partial charge in [-0.3, -0.25) is 4.79 Å². The van der Waals surface area contributed by atoms with Gasteiger partial charge >= 0.3 is 5.97 Å². The van der Waals surface area contributed by atoms with Crippen LogP contribution in [0.1, 0.15) is 20.3 Å². The molecule has 2 N–H and O–H groups in total. The van der Waals surface area contributed by atoms with Crippen LogP contribution < -0.4 is 5.32 Å². The molecule has 0 spiro atoms. The third kappa shape index (κ3) is 2.99. The minimum atomic E-state index is -0.676. The number of rotatable bonds is 1. The summed E-state index contributed by atoms with van der Waals surface area (Å²) < 4.78 is 0. The van der Waals surface area contributed by atoms with Crippen LogP contribution in [0.25, 0.3) is 0 Å². The summed E-state index contributed by atoms with van der Waals surface area (Å²) in [7, 11) is 0. The Kier molecular flexibility index (Phi) is 4.00. The molecular formula is C8H16ClNO2. The van der Waals surface area contributed by atoms with E-state index in [0.29, 0.717) is 6.54 Å². The summed E-state index contributed by atoms with van der Waals surface area (Å²) in [5.74, 6) is -0.871. The minimum Gasteiger partial charge on any atom is -0.481 e. The molecule has 1 rings (SSSR count). The van der Waals surface area contributed by atoms with Crippen molar-refractivity contribution in [2.75, 3.05) is 13.1 Å². The van der Waals surface area contributed by atoms with E-state index in [2.05, 4.69) is 19.2 Å². The molecule has 0 aliphatic carbocycles. The Hall–Kier alpha value is -0.280. The Bertz CT molecular complexity index is 170. The van der Waals surface area contributed by atoms with E-state index >= 15 is 0 Å². The van der Waals surface area contributed by atoms with Gasteiger partial charge in [-0.05, 0) is 11.8 Å². The van der Waals surface area contributed by atoms with Crippen molar-refractivity contribution in [3.8, 4) is 0 Å². The van der Waals surface area contributed by atoms with Crippen LogP contribution in [-0.2, 0) is 4.79 Å². The summed E-state index contributed by atoms with van der Waals surface area (Å²) in [6.07, 6.45) is 0.787. The first-order valence-corrected chi connectivity index (χ1v) is 3.95. The Labute approximate surface area is 78.9 Å². The summed E-state index contributed by atoms with van der Waals surface area (Å²) in [6, 6.07) is 0. The van der Waals surface area contributed by atoms with Crippen molar-refractivity contribution in [1.82, 2.24) is 5.32 Å². The van der Waals surface area contributed by atoms with Crippen molar-refractivity contribution in [3.63, 3.8) is 0 Å². The Balaban J connectivity index is 0.00000121. The fourth-order valence-corrected chi connectivity index (χ4v) is 1.57. The van der Waals surface area contributed by atoms with Gasteiger partial charge in [-0.1, -0.05) is 13.8 Å². The van der Waals surface area contributed by atoms with Crippen LogP contribution in [0.2, 0.25) is 0 Å². The average molecular weight is 194 g/mol. The fourth-order valence-electron chi connectivity index (χ4n) is 1.57. The zero-order chi connectivity index (χ0) is 8.48. The lowest BCUT2D eigenvalue weighted by molar-refractivity contribution is -0.143. The molecule has 0 radical (unpaired) electrons. The Morgan fingerprint density at radius 2 is 2.17 bits per heavy atom. The number of nitrogens with one attached hydrogen (secondary N) is 1. The summed E-state index contributed by atoms with van der Waals surface area (Å²) in [4.78, 5) is 10.6. The zero-order valence-corrected chi connectivity index (χ0v) is 8.28. The lowest BCUT2D eigenvalue weighted by atomic mass is 9.80. The molecule has 1 aliphatic rings. The van der Waals surface area contributed by atoms with Gasteiger partial charge in [0.05, 0.1) is 5.92 Å². The van der Waals surface area contributed by atoms with E-state index in [1.54, 1.807) is 0 Å². The highest BCUT2D eigenvalue weighted by molar-refractivity contribution is 5.85. The lowest BCUT2D eigenvalue weighted by Crippen LogP contribution is -2.43. The van der Waals surface area contributed by atoms with Gasteiger partial charge in [-0.15, -0.1) is 12.4 Å². The first-order chi connectivity index (χ1) is 5.01. The van der Waals surface area contributed by atoms with Crippen LogP contribution in [0.15, 0.2) is 0 Å². The predicted octanol–water partition coefficient (Wildman–Crippen LogP) is 1.13. The van der Waals surface area contributed by atoms with Gasteiger partial charge in [-0.25, -0.2) is 0 Å². The molecule has 1 saturated heterocycles. The molecule has 0 aromatic rings. The number of piperidine rings is 1. The van der Waals surface area contributed by atoms with Gasteiger partial charge in [0, 0.05) is 13.1 Å². The second-order valence-electron chi connectivity index (χ2n) is 4.03. The monoisotopic (exact) mass is 193 g/mol. The van der Waals surface area contributed by atoms with Gasteiger partial charge < -0.3 is 10.4 Å². The number of carbonyl (C=O) groups is 1. The molecule has 0 bridgehead atoms. The summed E-state index contributed by atoms with van der Waals surface area (Å²) in [6.45, 7) is 5.74. The van der Waals surface area contributed by atoms with E-state index in [4.69, 9.17) is 5.11 Å². The Morgan fingerprint density at radius 3 is 2.50 bits per heavy atom. The first-order valence-electron chi connectivity index (χ1n) is 3.95. The molecule has 3 nitrogen and oxygen atoms in total. The van der Waals surface area contributed by atoms with Crippen molar-refractivity contribution in [1.29, 1.82) is 0 Å². The molecule has 1 unspecified atom stereocenters. The third-order valence-corrected chi connectivity index (χ3v) is 2.14. The van der Waals surface area contributed by atoms with Crippen LogP contribution in [0.3, 0.4) is 0 Å². The van der Waals surface area contributed by atoms with Gasteiger partial charge in [0.1, 0.15) is 0 Å². The van der Waals surface area contributed by atoms with E-state index in [-0.39, 0.29) is 23.7 Å². The van der Waals surface area contributed by atoms with Gasteiger partial charge in [0.2, 0.25) is 0 Å². The minimum absolute atomic E-state index is 0.